The van der Waals surface area contributed by atoms with Crippen LogP contribution in [0.2, 0.25) is 0 Å². The number of hydrogen-bond acceptors (Lipinski definition) is 8. The van der Waals surface area contributed by atoms with Gasteiger partial charge in [0.25, 0.3) is 0 Å². The number of anilines is 2. The highest BCUT2D eigenvalue weighted by Gasteiger charge is 2.18. The summed E-state index contributed by atoms with van der Waals surface area (Å²) in [5.41, 5.74) is 1.46. The van der Waals surface area contributed by atoms with E-state index in [1.54, 1.807) is 5.38 Å². The van der Waals surface area contributed by atoms with Gasteiger partial charge >= 0.3 is 11.9 Å². The molecule has 2 heterocycles. The van der Waals surface area contributed by atoms with Gasteiger partial charge in [-0.3, -0.25) is 10.1 Å². The van der Waals surface area contributed by atoms with Crippen molar-refractivity contribution < 1.29 is 18.9 Å². The Morgan fingerprint density at radius 3 is 2.79 bits per heavy atom. The molecular weight excluding hydrogens is 334 g/mol. The number of carbonyl (C=O) groups excluding carboxylic acids is 1. The highest BCUT2D eigenvalue weighted by molar-refractivity contribution is 7.13. The van der Waals surface area contributed by atoms with Gasteiger partial charge in [-0.25, -0.2) is 9.78 Å². The molecule has 9 heteroatoms. The number of nitro groups is 1. The molecule has 0 amide bonds. The first-order valence-corrected chi connectivity index (χ1v) is 7.67. The van der Waals surface area contributed by atoms with E-state index in [4.69, 9.17) is 9.15 Å². The van der Waals surface area contributed by atoms with Gasteiger partial charge in [-0.2, -0.15) is 0 Å². The molecule has 0 spiro atoms. The van der Waals surface area contributed by atoms with Crippen molar-refractivity contribution in [2.75, 3.05) is 5.32 Å². The van der Waals surface area contributed by atoms with Gasteiger partial charge < -0.3 is 14.5 Å². The van der Waals surface area contributed by atoms with Gasteiger partial charge in [0.15, 0.2) is 5.13 Å². The lowest BCUT2D eigenvalue weighted by Gasteiger charge is -2.01. The van der Waals surface area contributed by atoms with Crippen LogP contribution < -0.4 is 5.32 Å². The van der Waals surface area contributed by atoms with E-state index >= 15 is 0 Å². The average molecular weight is 345 g/mol. The summed E-state index contributed by atoms with van der Waals surface area (Å²) in [6.45, 7) is -0.0553. The summed E-state index contributed by atoms with van der Waals surface area (Å²) in [6, 6.07) is 11.8. The Labute approximate surface area is 139 Å². The predicted octanol–water partition coefficient (Wildman–Crippen LogP) is 3.74. The molecule has 0 aliphatic heterocycles. The Balaban J connectivity index is 1.56. The molecule has 24 heavy (non-hydrogen) atoms. The first-order chi connectivity index (χ1) is 11.6. The van der Waals surface area contributed by atoms with Crippen molar-refractivity contribution in [3.8, 4) is 0 Å². The average Bonchev–Trinajstić information content (AvgIpc) is 3.23. The van der Waals surface area contributed by atoms with Gasteiger partial charge in [-0.15, -0.1) is 11.3 Å². The number of rotatable bonds is 6. The van der Waals surface area contributed by atoms with Crippen LogP contribution >= 0.6 is 11.3 Å². The van der Waals surface area contributed by atoms with Crippen LogP contribution in [0.4, 0.5) is 16.7 Å². The van der Waals surface area contributed by atoms with Crippen molar-refractivity contribution in [3.63, 3.8) is 0 Å². The van der Waals surface area contributed by atoms with Gasteiger partial charge in [0, 0.05) is 11.1 Å². The molecule has 0 saturated carbocycles. The monoisotopic (exact) mass is 345 g/mol. The quantitative estimate of drug-likeness (QED) is 0.412. The van der Waals surface area contributed by atoms with Crippen LogP contribution in [0.3, 0.4) is 0 Å². The molecular formula is C15H11N3O5S. The fourth-order valence-corrected chi connectivity index (χ4v) is 2.54. The van der Waals surface area contributed by atoms with E-state index in [0.717, 1.165) is 11.8 Å². The number of nitrogens with one attached hydrogen (secondary N) is 1. The van der Waals surface area contributed by atoms with Crippen molar-refractivity contribution in [2.24, 2.45) is 0 Å². The number of para-hydroxylation sites is 1. The Hall–Kier alpha value is -3.20. The van der Waals surface area contributed by atoms with E-state index in [0.29, 0.717) is 10.8 Å². The highest BCUT2D eigenvalue weighted by Crippen LogP contribution is 2.22. The predicted molar refractivity (Wildman–Crippen MR) is 86.3 cm³/mol. The summed E-state index contributed by atoms with van der Waals surface area (Å²) in [5, 5.41) is 16.1. The first-order valence-electron chi connectivity index (χ1n) is 6.79. The Morgan fingerprint density at radius 1 is 1.29 bits per heavy atom. The number of esters is 1. The summed E-state index contributed by atoms with van der Waals surface area (Å²) in [7, 11) is 0. The topological polar surface area (TPSA) is 108 Å². The summed E-state index contributed by atoms with van der Waals surface area (Å²) in [5.74, 6) is -1.52. The largest absolute Gasteiger partial charge is 0.453 e. The van der Waals surface area contributed by atoms with Crippen molar-refractivity contribution in [1.29, 1.82) is 0 Å². The van der Waals surface area contributed by atoms with Crippen LogP contribution in [0.5, 0.6) is 0 Å². The van der Waals surface area contributed by atoms with Gasteiger partial charge in [0.05, 0.1) is 11.8 Å². The molecule has 0 aliphatic carbocycles. The molecule has 0 atom stereocenters. The number of benzene rings is 1. The Kier molecular flexibility index (Phi) is 4.52. The maximum atomic E-state index is 11.8. The van der Waals surface area contributed by atoms with Crippen LogP contribution in [0.25, 0.3) is 0 Å². The molecule has 122 valence electrons. The molecule has 3 rings (SSSR count). The number of ether oxygens (including phenoxy) is 1. The molecule has 1 N–H and O–H groups in total. The smallest absolute Gasteiger partial charge is 0.433 e. The third-order valence-corrected chi connectivity index (χ3v) is 3.71. The van der Waals surface area contributed by atoms with Gasteiger partial charge in [-0.05, 0) is 18.2 Å². The van der Waals surface area contributed by atoms with E-state index in [1.165, 1.54) is 17.4 Å². The number of thiazole rings is 1. The minimum Gasteiger partial charge on any atom is -0.453 e. The molecule has 2 aromatic heterocycles. The van der Waals surface area contributed by atoms with Crippen LogP contribution in [-0.2, 0) is 11.3 Å². The summed E-state index contributed by atoms with van der Waals surface area (Å²) < 4.78 is 9.81. The SMILES string of the molecule is O=C(OCc1csc(Nc2ccccc2)n1)c1ccc([N+](=O)[O-])o1. The third kappa shape index (κ3) is 3.76. The molecule has 0 radical (unpaired) electrons. The molecule has 0 fully saturated rings. The van der Waals surface area contributed by atoms with Gasteiger partial charge in [0.2, 0.25) is 5.76 Å². The zero-order valence-corrected chi connectivity index (χ0v) is 13.0. The minimum atomic E-state index is -0.784. The number of aromatic nitrogens is 1. The molecule has 0 bridgehead atoms. The van der Waals surface area contributed by atoms with Crippen molar-refractivity contribution in [1.82, 2.24) is 4.98 Å². The zero-order chi connectivity index (χ0) is 16.9. The third-order valence-electron chi connectivity index (χ3n) is 2.90. The van der Waals surface area contributed by atoms with E-state index in [-0.39, 0.29) is 12.4 Å². The normalized spacial score (nSPS) is 10.3. The van der Waals surface area contributed by atoms with Crippen molar-refractivity contribution >= 4 is 34.0 Å². The fourth-order valence-electron chi connectivity index (χ4n) is 1.82. The van der Waals surface area contributed by atoms with E-state index in [1.807, 2.05) is 30.3 Å². The number of carbonyl (C=O) groups is 1. The van der Waals surface area contributed by atoms with E-state index in [9.17, 15) is 14.9 Å². The summed E-state index contributed by atoms with van der Waals surface area (Å²) >= 11 is 1.37. The van der Waals surface area contributed by atoms with Crippen LogP contribution in [0, 0.1) is 10.1 Å². The van der Waals surface area contributed by atoms with Crippen LogP contribution in [0.15, 0.2) is 52.3 Å². The maximum Gasteiger partial charge on any atom is 0.433 e. The molecule has 0 saturated heterocycles. The minimum absolute atomic E-state index is 0.0553. The molecule has 0 unspecified atom stereocenters. The molecule has 8 nitrogen and oxygen atoms in total. The zero-order valence-electron chi connectivity index (χ0n) is 12.2. The van der Waals surface area contributed by atoms with Crippen LogP contribution in [-0.4, -0.2) is 15.9 Å². The molecule has 0 aliphatic rings. The lowest BCUT2D eigenvalue weighted by atomic mass is 10.3. The molecule has 3 aromatic rings. The highest BCUT2D eigenvalue weighted by atomic mass is 32.1. The fraction of sp³-hybridized carbons (Fsp3) is 0.0667. The Morgan fingerprint density at radius 2 is 2.08 bits per heavy atom. The number of hydrogen-bond donors (Lipinski definition) is 1. The van der Waals surface area contributed by atoms with Gasteiger partial charge in [-0.1, -0.05) is 18.2 Å². The van der Waals surface area contributed by atoms with Crippen molar-refractivity contribution in [3.05, 3.63) is 69.4 Å². The van der Waals surface area contributed by atoms with E-state index in [2.05, 4.69) is 10.3 Å². The second kappa shape index (κ2) is 6.92. The number of furan rings is 1. The number of nitrogens with zero attached hydrogens (tertiary/aromatic N) is 2. The summed E-state index contributed by atoms with van der Waals surface area (Å²) in [4.78, 5) is 25.9. The van der Waals surface area contributed by atoms with Crippen molar-refractivity contribution in [2.45, 2.75) is 6.61 Å². The first kappa shape index (κ1) is 15.7. The lowest BCUT2D eigenvalue weighted by Crippen LogP contribution is -2.04. The Bertz CT molecular complexity index is 859. The summed E-state index contributed by atoms with van der Waals surface area (Å²) in [6.07, 6.45) is 0. The standard InChI is InChI=1S/C15H11N3O5S/c19-14(12-6-7-13(23-12)18(20)21)22-8-11-9-24-15(17-11)16-10-4-2-1-3-5-10/h1-7,9H,8H2,(H,16,17). The van der Waals surface area contributed by atoms with Gasteiger partial charge in [0.1, 0.15) is 11.5 Å². The lowest BCUT2D eigenvalue weighted by molar-refractivity contribution is -0.402. The molecule has 1 aromatic carbocycles. The second-order valence-corrected chi connectivity index (χ2v) is 5.46. The second-order valence-electron chi connectivity index (χ2n) is 4.61. The van der Waals surface area contributed by atoms with E-state index < -0.39 is 16.8 Å². The van der Waals surface area contributed by atoms with Crippen LogP contribution in [0.1, 0.15) is 16.2 Å². The maximum absolute atomic E-state index is 11.8.